The van der Waals surface area contributed by atoms with Gasteiger partial charge in [-0.2, -0.15) is 0 Å². The van der Waals surface area contributed by atoms with Gasteiger partial charge < -0.3 is 14.5 Å². The molecular weight excluding hydrogens is 261 g/mol. The molecule has 2 aromatic rings. The monoisotopic (exact) mass is 277 g/mol. The van der Waals surface area contributed by atoms with Crippen LogP contribution in [0.1, 0.15) is 30.2 Å². The first-order valence-corrected chi connectivity index (χ1v) is 6.64. The number of aromatic nitrogens is 2. The highest BCUT2D eigenvalue weighted by Gasteiger charge is 2.20. The number of nitrogens with one attached hydrogen (secondary N) is 1. The minimum atomic E-state index is -0.309. The maximum atomic E-state index is 13.5. The van der Waals surface area contributed by atoms with Crippen LogP contribution in [0.15, 0.2) is 22.6 Å². The lowest BCUT2D eigenvalue weighted by molar-refractivity contribution is 0.259. The lowest BCUT2D eigenvalue weighted by Crippen LogP contribution is -2.15. The summed E-state index contributed by atoms with van der Waals surface area (Å²) in [5.41, 5.74) is 0.869. The number of hydrogen-bond donors (Lipinski definition) is 1. The minimum absolute atomic E-state index is 0.139. The lowest BCUT2D eigenvalue weighted by atomic mass is 10.2. The summed E-state index contributed by atoms with van der Waals surface area (Å²) in [5.74, 6) is 1.02. The van der Waals surface area contributed by atoms with Crippen LogP contribution < -0.4 is 10.1 Å². The third-order valence-corrected chi connectivity index (χ3v) is 3.03. The molecule has 1 aromatic heterocycles. The van der Waals surface area contributed by atoms with E-state index in [1.54, 1.807) is 6.92 Å². The quantitative estimate of drug-likeness (QED) is 0.878. The Labute approximate surface area is 116 Å². The van der Waals surface area contributed by atoms with Gasteiger partial charge in [0.25, 0.3) is 5.89 Å². The van der Waals surface area contributed by atoms with E-state index in [4.69, 9.17) is 9.15 Å². The molecule has 0 unspecified atom stereocenters. The number of halogens is 1. The van der Waals surface area contributed by atoms with Gasteiger partial charge in [-0.15, -0.1) is 10.2 Å². The lowest BCUT2D eigenvalue weighted by Gasteiger charge is -2.08. The number of benzene rings is 1. The Morgan fingerprint density at radius 1 is 1.35 bits per heavy atom. The maximum absolute atomic E-state index is 13.5. The van der Waals surface area contributed by atoms with Gasteiger partial charge >= 0.3 is 0 Å². The fraction of sp³-hybridized carbons (Fsp3) is 0.429. The average molecular weight is 277 g/mol. The van der Waals surface area contributed by atoms with Gasteiger partial charge in [-0.25, -0.2) is 4.39 Å². The van der Waals surface area contributed by atoms with Crippen molar-refractivity contribution in [2.45, 2.75) is 39.0 Å². The van der Waals surface area contributed by atoms with Crippen molar-refractivity contribution in [1.29, 1.82) is 0 Å². The molecule has 1 N–H and O–H groups in total. The molecule has 1 aromatic carbocycles. The Hall–Kier alpha value is -1.95. The van der Waals surface area contributed by atoms with E-state index in [0.29, 0.717) is 30.1 Å². The predicted octanol–water partition coefficient (Wildman–Crippen LogP) is 2.35. The van der Waals surface area contributed by atoms with Crippen molar-refractivity contribution < 1.29 is 13.5 Å². The summed E-state index contributed by atoms with van der Waals surface area (Å²) in [5, 5.41) is 10.9. The zero-order valence-corrected chi connectivity index (χ0v) is 11.2. The maximum Gasteiger partial charge on any atom is 0.253 e. The Balaban J connectivity index is 1.62. The van der Waals surface area contributed by atoms with Gasteiger partial charge in [0.2, 0.25) is 5.89 Å². The van der Waals surface area contributed by atoms with Crippen LogP contribution in [0.2, 0.25) is 0 Å². The van der Waals surface area contributed by atoms with E-state index in [9.17, 15) is 4.39 Å². The smallest absolute Gasteiger partial charge is 0.253 e. The molecular formula is C14H16FN3O2. The van der Waals surface area contributed by atoms with Gasteiger partial charge in [0.1, 0.15) is 11.6 Å². The fourth-order valence-electron chi connectivity index (χ4n) is 1.90. The normalized spacial score (nSPS) is 14.5. The van der Waals surface area contributed by atoms with Crippen molar-refractivity contribution in [1.82, 2.24) is 15.5 Å². The molecule has 20 heavy (non-hydrogen) atoms. The van der Waals surface area contributed by atoms with Crippen LogP contribution in [0.5, 0.6) is 5.75 Å². The average Bonchev–Trinajstić information content (AvgIpc) is 3.15. The van der Waals surface area contributed by atoms with Crippen LogP contribution in [-0.2, 0) is 13.2 Å². The molecule has 1 fully saturated rings. The van der Waals surface area contributed by atoms with E-state index in [1.165, 1.54) is 25.0 Å². The summed E-state index contributed by atoms with van der Waals surface area (Å²) in [7, 11) is 0. The van der Waals surface area contributed by atoms with Crippen molar-refractivity contribution in [3.63, 3.8) is 0 Å². The van der Waals surface area contributed by atoms with E-state index >= 15 is 0 Å². The second-order valence-corrected chi connectivity index (χ2v) is 4.95. The molecule has 3 rings (SSSR count). The molecule has 0 saturated heterocycles. The Bertz CT molecular complexity index is 596. The van der Waals surface area contributed by atoms with Crippen LogP contribution in [-0.4, -0.2) is 16.2 Å². The van der Waals surface area contributed by atoms with Gasteiger partial charge in [-0.3, -0.25) is 0 Å². The van der Waals surface area contributed by atoms with Gasteiger partial charge in [-0.1, -0.05) is 0 Å². The van der Waals surface area contributed by atoms with E-state index < -0.39 is 0 Å². The minimum Gasteiger partial charge on any atom is -0.484 e. The van der Waals surface area contributed by atoms with Crippen molar-refractivity contribution in [2.24, 2.45) is 0 Å². The van der Waals surface area contributed by atoms with Gasteiger partial charge in [0.05, 0.1) is 0 Å². The first kappa shape index (κ1) is 13.1. The molecule has 0 radical (unpaired) electrons. The standard InChI is InChI=1S/C14H16FN3O2/c1-9-17-18-14(20-9)8-19-13-5-10(4-11(15)6-13)7-16-12-2-3-12/h4-6,12,16H,2-3,7-8H2,1H3. The molecule has 0 spiro atoms. The summed E-state index contributed by atoms with van der Waals surface area (Å²) >= 11 is 0. The summed E-state index contributed by atoms with van der Waals surface area (Å²) < 4.78 is 24.2. The van der Waals surface area contributed by atoms with Crippen LogP contribution in [0.25, 0.3) is 0 Å². The van der Waals surface area contributed by atoms with Crippen LogP contribution in [0.3, 0.4) is 0 Å². The highest BCUT2D eigenvalue weighted by atomic mass is 19.1. The van der Waals surface area contributed by atoms with Crippen LogP contribution >= 0.6 is 0 Å². The number of hydrogen-bond acceptors (Lipinski definition) is 5. The van der Waals surface area contributed by atoms with Crippen LogP contribution in [0.4, 0.5) is 4.39 Å². The topological polar surface area (TPSA) is 60.2 Å². The third kappa shape index (κ3) is 3.54. The fourth-order valence-corrected chi connectivity index (χ4v) is 1.90. The summed E-state index contributed by atoms with van der Waals surface area (Å²) in [6.07, 6.45) is 2.41. The highest BCUT2D eigenvalue weighted by Crippen LogP contribution is 2.21. The van der Waals surface area contributed by atoms with Crippen molar-refractivity contribution in [2.75, 3.05) is 0 Å². The molecule has 5 nitrogen and oxygen atoms in total. The largest absolute Gasteiger partial charge is 0.484 e. The summed E-state index contributed by atoms with van der Waals surface area (Å²) in [6.45, 7) is 2.50. The Morgan fingerprint density at radius 2 is 2.20 bits per heavy atom. The summed E-state index contributed by atoms with van der Waals surface area (Å²) in [6, 6.07) is 5.27. The predicted molar refractivity (Wildman–Crippen MR) is 69.6 cm³/mol. The molecule has 1 aliphatic rings. The molecule has 0 amide bonds. The summed E-state index contributed by atoms with van der Waals surface area (Å²) in [4.78, 5) is 0. The number of ether oxygens (including phenoxy) is 1. The van der Waals surface area contributed by atoms with Crippen molar-refractivity contribution >= 4 is 0 Å². The molecule has 1 aliphatic carbocycles. The molecule has 106 valence electrons. The van der Waals surface area contributed by atoms with E-state index in [-0.39, 0.29) is 12.4 Å². The second kappa shape index (κ2) is 5.58. The number of rotatable bonds is 6. The first-order chi connectivity index (χ1) is 9.69. The molecule has 1 saturated carbocycles. The molecule has 6 heteroatoms. The third-order valence-electron chi connectivity index (χ3n) is 3.03. The molecule has 0 aliphatic heterocycles. The molecule has 0 bridgehead atoms. The molecule has 1 heterocycles. The van der Waals surface area contributed by atoms with Crippen molar-refractivity contribution in [3.8, 4) is 5.75 Å². The van der Waals surface area contributed by atoms with E-state index in [1.807, 2.05) is 6.07 Å². The second-order valence-electron chi connectivity index (χ2n) is 4.95. The first-order valence-electron chi connectivity index (χ1n) is 6.64. The zero-order chi connectivity index (χ0) is 13.9. The Kier molecular flexibility index (Phi) is 3.64. The molecule has 0 atom stereocenters. The van der Waals surface area contributed by atoms with Gasteiger partial charge in [0.15, 0.2) is 6.61 Å². The van der Waals surface area contributed by atoms with Crippen LogP contribution in [0, 0.1) is 12.7 Å². The van der Waals surface area contributed by atoms with E-state index in [2.05, 4.69) is 15.5 Å². The van der Waals surface area contributed by atoms with Gasteiger partial charge in [0, 0.05) is 25.6 Å². The SMILES string of the molecule is Cc1nnc(COc2cc(F)cc(CNC3CC3)c2)o1. The number of aryl methyl sites for hydroxylation is 1. The highest BCUT2D eigenvalue weighted by molar-refractivity contribution is 5.29. The van der Waals surface area contributed by atoms with Crippen molar-refractivity contribution in [3.05, 3.63) is 41.4 Å². The zero-order valence-electron chi connectivity index (χ0n) is 11.2. The van der Waals surface area contributed by atoms with E-state index in [0.717, 1.165) is 5.56 Å². The van der Waals surface area contributed by atoms with Gasteiger partial charge in [-0.05, 0) is 30.5 Å². The number of nitrogens with zero attached hydrogens (tertiary/aromatic N) is 2. The Morgan fingerprint density at radius 3 is 2.90 bits per heavy atom.